The average molecular weight is 367 g/mol. The molecule has 0 bridgehead atoms. The Balaban J connectivity index is 2.22. The van der Waals surface area contributed by atoms with Crippen LogP contribution in [-0.2, 0) is 14.8 Å². The topological polar surface area (TPSA) is 79.4 Å². The monoisotopic (exact) mass is 367 g/mol. The molecule has 0 saturated carbocycles. The van der Waals surface area contributed by atoms with Gasteiger partial charge in [0.15, 0.2) is 5.13 Å². The Bertz CT molecular complexity index is 794. The normalized spacial score (nSPS) is 11.7. The molecule has 1 aromatic carbocycles. The van der Waals surface area contributed by atoms with Crippen molar-refractivity contribution in [2.24, 2.45) is 0 Å². The summed E-state index contributed by atoms with van der Waals surface area (Å²) in [7, 11) is -3.46. The summed E-state index contributed by atoms with van der Waals surface area (Å²) in [5.41, 5.74) is 1.51. The van der Waals surface area contributed by atoms with Crippen LogP contribution in [0.15, 0.2) is 34.5 Å². The lowest BCUT2D eigenvalue weighted by Gasteiger charge is -2.18. The number of aromatic nitrogens is 1. The molecule has 6 nitrogen and oxygen atoms in total. The first-order valence-electron chi connectivity index (χ1n) is 7.78. The quantitative estimate of drug-likeness (QED) is 0.815. The van der Waals surface area contributed by atoms with Gasteiger partial charge < -0.3 is 5.32 Å². The van der Waals surface area contributed by atoms with Crippen LogP contribution in [0.3, 0.4) is 0 Å². The lowest BCUT2D eigenvalue weighted by Crippen LogP contribution is -2.30. The molecule has 1 N–H and O–H groups in total. The van der Waals surface area contributed by atoms with Crippen LogP contribution in [0, 0.1) is 0 Å². The molecule has 130 valence electrons. The number of hydrogen-bond donors (Lipinski definition) is 1. The number of amides is 1. The van der Waals surface area contributed by atoms with Crippen molar-refractivity contribution in [3.8, 4) is 11.3 Å². The minimum atomic E-state index is -3.46. The molecule has 24 heavy (non-hydrogen) atoms. The van der Waals surface area contributed by atoms with Gasteiger partial charge in [-0.2, -0.15) is 4.31 Å². The predicted octanol–water partition coefficient (Wildman–Crippen LogP) is 3.19. The Morgan fingerprint density at radius 3 is 2.33 bits per heavy atom. The second kappa shape index (κ2) is 7.87. The molecule has 0 aliphatic heterocycles. The molecule has 2 aromatic rings. The summed E-state index contributed by atoms with van der Waals surface area (Å²) in [4.78, 5) is 16.0. The van der Waals surface area contributed by atoms with E-state index in [1.165, 1.54) is 15.6 Å². The Morgan fingerprint density at radius 2 is 1.79 bits per heavy atom. The van der Waals surface area contributed by atoms with Crippen molar-refractivity contribution in [2.45, 2.75) is 32.1 Å². The molecule has 1 aromatic heterocycles. The van der Waals surface area contributed by atoms with Crippen molar-refractivity contribution in [3.05, 3.63) is 29.6 Å². The fourth-order valence-corrected chi connectivity index (χ4v) is 4.38. The van der Waals surface area contributed by atoms with Crippen molar-refractivity contribution in [3.63, 3.8) is 0 Å². The summed E-state index contributed by atoms with van der Waals surface area (Å²) < 4.78 is 26.4. The van der Waals surface area contributed by atoms with E-state index in [4.69, 9.17) is 0 Å². The molecule has 1 amide bonds. The molecule has 0 fully saturated rings. The van der Waals surface area contributed by atoms with E-state index in [2.05, 4.69) is 10.3 Å². The number of hydrogen-bond acceptors (Lipinski definition) is 5. The van der Waals surface area contributed by atoms with Crippen molar-refractivity contribution >= 4 is 32.4 Å². The number of carbonyl (C=O) groups excluding carboxylic acids is 1. The maximum Gasteiger partial charge on any atom is 0.243 e. The number of sulfonamides is 1. The Labute approximate surface area is 146 Å². The van der Waals surface area contributed by atoms with Gasteiger partial charge in [-0.25, -0.2) is 13.4 Å². The first-order valence-corrected chi connectivity index (χ1v) is 10.1. The zero-order valence-corrected chi connectivity index (χ0v) is 15.6. The van der Waals surface area contributed by atoms with Gasteiger partial charge in [-0.1, -0.05) is 32.9 Å². The third kappa shape index (κ3) is 4.00. The SMILES string of the molecule is CCC(=O)Nc1nc(-c2ccc(S(=O)(=O)N(CC)CC)cc2)cs1. The highest BCUT2D eigenvalue weighted by molar-refractivity contribution is 7.89. The summed E-state index contributed by atoms with van der Waals surface area (Å²) in [6, 6.07) is 6.65. The van der Waals surface area contributed by atoms with Gasteiger partial charge in [-0.05, 0) is 12.1 Å². The number of anilines is 1. The van der Waals surface area contributed by atoms with Crippen LogP contribution in [0.5, 0.6) is 0 Å². The Hall–Kier alpha value is -1.77. The van der Waals surface area contributed by atoms with Gasteiger partial charge in [0.05, 0.1) is 10.6 Å². The van der Waals surface area contributed by atoms with Crippen molar-refractivity contribution < 1.29 is 13.2 Å². The minimum absolute atomic E-state index is 0.0865. The van der Waals surface area contributed by atoms with E-state index in [1.807, 2.05) is 19.2 Å². The number of thiazole rings is 1. The summed E-state index contributed by atoms with van der Waals surface area (Å²) in [5.74, 6) is -0.0865. The van der Waals surface area contributed by atoms with Gasteiger partial charge in [0.1, 0.15) is 0 Å². The summed E-state index contributed by atoms with van der Waals surface area (Å²) >= 11 is 1.34. The van der Waals surface area contributed by atoms with Crippen LogP contribution in [0.4, 0.5) is 5.13 Å². The smallest absolute Gasteiger partial charge is 0.243 e. The van der Waals surface area contributed by atoms with Crippen LogP contribution < -0.4 is 5.32 Å². The summed E-state index contributed by atoms with van der Waals surface area (Å²) in [6.45, 7) is 6.28. The second-order valence-corrected chi connectivity index (χ2v) is 7.85. The number of carbonyl (C=O) groups is 1. The van der Waals surface area contributed by atoms with E-state index in [9.17, 15) is 13.2 Å². The number of rotatable bonds is 7. The molecule has 0 unspecified atom stereocenters. The second-order valence-electron chi connectivity index (χ2n) is 5.05. The molecule has 2 rings (SSSR count). The lowest BCUT2D eigenvalue weighted by atomic mass is 10.2. The molecule has 8 heteroatoms. The highest BCUT2D eigenvalue weighted by atomic mass is 32.2. The minimum Gasteiger partial charge on any atom is -0.302 e. The maximum atomic E-state index is 12.5. The summed E-state index contributed by atoms with van der Waals surface area (Å²) in [6.07, 6.45) is 0.396. The third-order valence-electron chi connectivity index (χ3n) is 3.56. The van der Waals surface area contributed by atoms with Gasteiger partial charge in [-0.3, -0.25) is 4.79 Å². The Morgan fingerprint density at radius 1 is 1.17 bits per heavy atom. The molecule has 0 atom stereocenters. The predicted molar refractivity (Wildman–Crippen MR) is 96.6 cm³/mol. The van der Waals surface area contributed by atoms with Gasteiger partial charge >= 0.3 is 0 Å². The van der Waals surface area contributed by atoms with E-state index in [1.54, 1.807) is 31.2 Å². The Kier molecular flexibility index (Phi) is 6.09. The largest absolute Gasteiger partial charge is 0.302 e. The molecular formula is C16H21N3O3S2. The first kappa shape index (κ1) is 18.6. The fourth-order valence-electron chi connectivity index (χ4n) is 2.18. The fraction of sp³-hybridized carbons (Fsp3) is 0.375. The van der Waals surface area contributed by atoms with E-state index in [0.717, 1.165) is 5.56 Å². The number of nitrogens with zero attached hydrogens (tertiary/aromatic N) is 2. The van der Waals surface area contributed by atoms with Crippen LogP contribution in [0.25, 0.3) is 11.3 Å². The van der Waals surface area contributed by atoms with Crippen LogP contribution >= 0.6 is 11.3 Å². The van der Waals surface area contributed by atoms with E-state index in [-0.39, 0.29) is 10.8 Å². The molecule has 0 saturated heterocycles. The molecule has 0 aliphatic rings. The van der Waals surface area contributed by atoms with Gasteiger partial charge in [0.25, 0.3) is 0 Å². The van der Waals surface area contributed by atoms with Crippen molar-refractivity contribution in [1.82, 2.24) is 9.29 Å². The number of benzene rings is 1. The standard InChI is InChI=1S/C16H21N3O3S2/c1-4-15(20)18-16-17-14(11-23-16)12-7-9-13(10-8-12)24(21,22)19(5-2)6-3/h7-11H,4-6H2,1-3H3,(H,17,18,20). The van der Waals surface area contributed by atoms with E-state index in [0.29, 0.717) is 30.3 Å². The van der Waals surface area contributed by atoms with Gasteiger partial charge in [0, 0.05) is 30.5 Å². The van der Waals surface area contributed by atoms with Crippen LogP contribution in [0.2, 0.25) is 0 Å². The van der Waals surface area contributed by atoms with E-state index < -0.39 is 10.0 Å². The average Bonchev–Trinajstić information content (AvgIpc) is 3.04. The zero-order valence-electron chi connectivity index (χ0n) is 13.9. The van der Waals surface area contributed by atoms with Gasteiger partial charge in [-0.15, -0.1) is 11.3 Å². The molecule has 0 aliphatic carbocycles. The summed E-state index contributed by atoms with van der Waals surface area (Å²) in [5, 5.41) is 5.08. The molecular weight excluding hydrogens is 346 g/mol. The van der Waals surface area contributed by atoms with Crippen LogP contribution in [0.1, 0.15) is 27.2 Å². The molecule has 0 radical (unpaired) electrons. The van der Waals surface area contributed by atoms with Crippen LogP contribution in [-0.4, -0.2) is 36.7 Å². The highest BCUT2D eigenvalue weighted by Gasteiger charge is 2.21. The van der Waals surface area contributed by atoms with E-state index >= 15 is 0 Å². The highest BCUT2D eigenvalue weighted by Crippen LogP contribution is 2.26. The van der Waals surface area contributed by atoms with Crippen molar-refractivity contribution in [2.75, 3.05) is 18.4 Å². The number of nitrogens with one attached hydrogen (secondary N) is 1. The third-order valence-corrected chi connectivity index (χ3v) is 6.39. The maximum absolute atomic E-state index is 12.5. The zero-order chi connectivity index (χ0) is 17.7. The molecule has 0 spiro atoms. The molecule has 1 heterocycles. The van der Waals surface area contributed by atoms with Gasteiger partial charge in [0.2, 0.25) is 15.9 Å². The van der Waals surface area contributed by atoms with Crippen molar-refractivity contribution in [1.29, 1.82) is 0 Å². The first-order chi connectivity index (χ1) is 11.4. The lowest BCUT2D eigenvalue weighted by molar-refractivity contribution is -0.115.